The van der Waals surface area contributed by atoms with Gasteiger partial charge in [-0.25, -0.2) is 9.07 Å². The average Bonchev–Trinajstić information content (AvgIpc) is 3.37. The molecule has 5 rings (SSSR count). The molecule has 0 unspecified atom stereocenters. The third-order valence-electron chi connectivity index (χ3n) is 5.58. The second kappa shape index (κ2) is 7.97. The monoisotopic (exact) mass is 472 g/mol. The molecular formula is C22H16F4N6O2. The number of carbonyl (C=O) groups excluding carboxylic acids is 1. The van der Waals surface area contributed by atoms with Gasteiger partial charge in [-0.15, -0.1) is 10.2 Å². The summed E-state index contributed by atoms with van der Waals surface area (Å²) in [6.07, 6.45) is -5.04. The predicted octanol–water partition coefficient (Wildman–Crippen LogP) is 5.79. The van der Waals surface area contributed by atoms with Gasteiger partial charge in [0.2, 0.25) is 5.88 Å². The van der Waals surface area contributed by atoms with Gasteiger partial charge in [0.25, 0.3) is 0 Å². The number of rotatable bonds is 3. The molecule has 0 saturated carbocycles. The van der Waals surface area contributed by atoms with Crippen LogP contribution in [-0.2, 0) is 0 Å². The number of H-pyrrole nitrogens is 1. The number of amides is 1. The van der Waals surface area contributed by atoms with Crippen LogP contribution < -0.4 is 5.32 Å². The molecule has 3 heterocycles. The lowest BCUT2D eigenvalue weighted by molar-refractivity contribution is -0.173. The van der Waals surface area contributed by atoms with Crippen molar-refractivity contribution in [2.45, 2.75) is 24.7 Å². The molecule has 8 nitrogen and oxygen atoms in total. The van der Waals surface area contributed by atoms with Crippen molar-refractivity contribution in [2.24, 2.45) is 10.2 Å². The lowest BCUT2D eigenvalue weighted by atomic mass is 9.97. The van der Waals surface area contributed by atoms with Crippen molar-refractivity contribution < 1.29 is 27.5 Å². The van der Waals surface area contributed by atoms with E-state index < -0.39 is 36.4 Å². The Morgan fingerprint density at radius 2 is 1.88 bits per heavy atom. The topological polar surface area (TPSA) is 108 Å². The molecule has 174 valence electrons. The Hall–Kier alpha value is -4.22. The molecule has 0 fully saturated rings. The minimum Gasteiger partial charge on any atom is -0.493 e. The summed E-state index contributed by atoms with van der Waals surface area (Å²) >= 11 is 0. The molecule has 2 aromatic heterocycles. The molecule has 1 aliphatic heterocycles. The van der Waals surface area contributed by atoms with Gasteiger partial charge in [-0.2, -0.15) is 18.3 Å². The minimum atomic E-state index is -4.64. The van der Waals surface area contributed by atoms with Gasteiger partial charge in [-0.3, -0.25) is 4.79 Å². The van der Waals surface area contributed by atoms with Crippen LogP contribution in [0.2, 0.25) is 0 Å². The number of fused-ring (bicyclic) bond motifs is 2. The Bertz CT molecular complexity index is 1410. The number of nitrogens with zero attached hydrogens (tertiary/aromatic N) is 4. The number of para-hydroxylation sites is 1. The summed E-state index contributed by atoms with van der Waals surface area (Å²) in [6, 6.07) is 10.3. The number of hydrogen-bond donors (Lipinski definition) is 3. The van der Waals surface area contributed by atoms with Gasteiger partial charge >= 0.3 is 12.1 Å². The second-order valence-electron chi connectivity index (χ2n) is 7.77. The highest BCUT2D eigenvalue weighted by Gasteiger charge is 2.46. The van der Waals surface area contributed by atoms with Crippen LogP contribution >= 0.6 is 0 Å². The summed E-state index contributed by atoms with van der Waals surface area (Å²) in [5.74, 6) is -1.82. The molecule has 0 radical (unpaired) electrons. The lowest BCUT2D eigenvalue weighted by Gasteiger charge is -2.33. The van der Waals surface area contributed by atoms with Crippen LogP contribution in [0.5, 0.6) is 5.88 Å². The number of alkyl halides is 3. The van der Waals surface area contributed by atoms with Gasteiger partial charge in [0.15, 0.2) is 17.4 Å². The Labute approximate surface area is 188 Å². The SMILES string of the molecule is O=C(N=Nc1c(O)[nH]c2ccccc12)c1cc2n(n1)[C@H](C(F)(F)F)C[C@H](c1ccc(F)cc1)N2. The van der Waals surface area contributed by atoms with Crippen molar-refractivity contribution >= 4 is 28.3 Å². The first kappa shape index (κ1) is 21.6. The van der Waals surface area contributed by atoms with E-state index in [-0.39, 0.29) is 23.1 Å². The van der Waals surface area contributed by atoms with Crippen LogP contribution in [0.25, 0.3) is 10.9 Å². The zero-order valence-corrected chi connectivity index (χ0v) is 17.2. The highest BCUT2D eigenvalue weighted by atomic mass is 19.4. The Kier molecular flexibility index (Phi) is 5.07. The van der Waals surface area contributed by atoms with E-state index in [1.807, 2.05) is 0 Å². The molecular weight excluding hydrogens is 456 g/mol. The largest absolute Gasteiger partial charge is 0.493 e. The molecule has 12 heteroatoms. The fraction of sp³-hybridized carbons (Fsp3) is 0.182. The number of carbonyl (C=O) groups is 1. The average molecular weight is 472 g/mol. The fourth-order valence-electron chi connectivity index (χ4n) is 3.95. The number of anilines is 1. The zero-order chi connectivity index (χ0) is 24.0. The molecule has 0 aliphatic carbocycles. The van der Waals surface area contributed by atoms with Crippen molar-refractivity contribution in [1.29, 1.82) is 0 Å². The van der Waals surface area contributed by atoms with Crippen molar-refractivity contribution in [2.75, 3.05) is 5.32 Å². The van der Waals surface area contributed by atoms with E-state index in [2.05, 4.69) is 25.6 Å². The van der Waals surface area contributed by atoms with Crippen LogP contribution in [-0.4, -0.2) is 32.0 Å². The molecule has 0 spiro atoms. The van der Waals surface area contributed by atoms with Crippen molar-refractivity contribution in [3.05, 3.63) is 71.7 Å². The number of aromatic amines is 1. The summed E-state index contributed by atoms with van der Waals surface area (Å²) in [4.78, 5) is 15.3. The Morgan fingerprint density at radius 3 is 2.62 bits per heavy atom. The lowest BCUT2D eigenvalue weighted by Crippen LogP contribution is -2.35. The van der Waals surface area contributed by atoms with Crippen molar-refractivity contribution in [1.82, 2.24) is 14.8 Å². The normalized spacial score (nSPS) is 18.2. The molecule has 34 heavy (non-hydrogen) atoms. The summed E-state index contributed by atoms with van der Waals surface area (Å²) in [6.45, 7) is 0. The van der Waals surface area contributed by atoms with E-state index >= 15 is 0 Å². The first-order chi connectivity index (χ1) is 16.2. The molecule has 0 saturated heterocycles. The number of hydrogen-bond acceptors (Lipinski definition) is 5. The van der Waals surface area contributed by atoms with E-state index in [9.17, 15) is 27.5 Å². The van der Waals surface area contributed by atoms with Crippen LogP contribution in [0.3, 0.4) is 0 Å². The van der Waals surface area contributed by atoms with E-state index in [1.54, 1.807) is 24.3 Å². The summed E-state index contributed by atoms with van der Waals surface area (Å²) in [7, 11) is 0. The second-order valence-corrected chi connectivity index (χ2v) is 7.77. The molecule has 4 aromatic rings. The van der Waals surface area contributed by atoms with E-state index in [0.29, 0.717) is 21.1 Å². The molecule has 2 aromatic carbocycles. The third-order valence-corrected chi connectivity index (χ3v) is 5.58. The van der Waals surface area contributed by atoms with E-state index in [4.69, 9.17) is 0 Å². The standard InChI is InChI=1S/C22H16F4N6O2/c23-12-7-5-11(6-8-12)15-9-17(22(24,25)26)32-18(27-15)10-16(31-32)20(33)30-29-19-13-3-1-2-4-14(13)28-21(19)34/h1-8,10,15,17,27-28,34H,9H2/t15-,17+/m1/s1. The molecule has 1 aliphatic rings. The van der Waals surface area contributed by atoms with Gasteiger partial charge in [-0.05, 0) is 23.8 Å². The van der Waals surface area contributed by atoms with E-state index in [1.165, 1.54) is 24.3 Å². The smallest absolute Gasteiger partial charge is 0.410 e. The number of benzene rings is 2. The van der Waals surface area contributed by atoms with Crippen LogP contribution in [0, 0.1) is 5.82 Å². The number of azo groups is 1. The molecule has 2 atom stereocenters. The van der Waals surface area contributed by atoms with Crippen molar-refractivity contribution in [3.63, 3.8) is 0 Å². The number of halogens is 4. The first-order valence-corrected chi connectivity index (χ1v) is 10.1. The highest BCUT2D eigenvalue weighted by Crippen LogP contribution is 2.43. The number of nitrogens with one attached hydrogen (secondary N) is 2. The maximum Gasteiger partial charge on any atom is 0.410 e. The predicted molar refractivity (Wildman–Crippen MR) is 114 cm³/mol. The zero-order valence-electron chi connectivity index (χ0n) is 17.2. The van der Waals surface area contributed by atoms with Crippen LogP contribution in [0.15, 0.2) is 64.8 Å². The van der Waals surface area contributed by atoms with Gasteiger partial charge in [0, 0.05) is 17.9 Å². The maximum atomic E-state index is 13.8. The van der Waals surface area contributed by atoms with Crippen LogP contribution in [0.1, 0.15) is 34.6 Å². The van der Waals surface area contributed by atoms with Crippen LogP contribution in [0.4, 0.5) is 29.1 Å². The van der Waals surface area contributed by atoms with Gasteiger partial charge in [0.1, 0.15) is 11.6 Å². The summed E-state index contributed by atoms with van der Waals surface area (Å²) < 4.78 is 55.4. The Morgan fingerprint density at radius 1 is 1.15 bits per heavy atom. The number of aromatic nitrogens is 3. The highest BCUT2D eigenvalue weighted by molar-refractivity contribution is 5.96. The van der Waals surface area contributed by atoms with Gasteiger partial charge < -0.3 is 15.4 Å². The van der Waals surface area contributed by atoms with Gasteiger partial charge in [-0.1, -0.05) is 30.3 Å². The van der Waals surface area contributed by atoms with E-state index in [0.717, 1.165) is 6.07 Å². The number of aromatic hydroxyl groups is 1. The fourth-order valence-corrected chi connectivity index (χ4v) is 3.95. The summed E-state index contributed by atoms with van der Waals surface area (Å²) in [5, 5.41) is 24.6. The molecule has 0 bridgehead atoms. The van der Waals surface area contributed by atoms with Gasteiger partial charge in [0.05, 0.1) is 11.6 Å². The molecule has 1 amide bonds. The third kappa shape index (κ3) is 3.87. The Balaban J connectivity index is 1.46. The summed E-state index contributed by atoms with van der Waals surface area (Å²) in [5.41, 5.74) is 0.712. The maximum absolute atomic E-state index is 13.8. The first-order valence-electron chi connectivity index (χ1n) is 10.1. The van der Waals surface area contributed by atoms with Crippen molar-refractivity contribution in [3.8, 4) is 5.88 Å². The minimum absolute atomic E-state index is 0.0237. The molecule has 3 N–H and O–H groups in total. The quantitative estimate of drug-likeness (QED) is 0.259.